The van der Waals surface area contributed by atoms with Crippen LogP contribution in [0.15, 0.2) is 30.5 Å². The Morgan fingerprint density at radius 1 is 1.21 bits per heavy atom. The number of methoxy groups -OCH3 is 1. The highest BCUT2D eigenvalue weighted by molar-refractivity contribution is 5.87. The predicted molar refractivity (Wildman–Crippen MR) is 109 cm³/mol. The molecule has 1 N–H and O–H groups in total. The molecular weight excluding hydrogens is 356 g/mol. The zero-order valence-corrected chi connectivity index (χ0v) is 17.3. The molecule has 0 spiro atoms. The number of fused-ring (bicyclic) bond motifs is 1. The number of nitrogens with zero attached hydrogens (tertiary/aromatic N) is 1. The molecule has 0 aliphatic carbocycles. The monoisotopic (exact) mass is 384 g/mol. The minimum atomic E-state index is -0.881. The van der Waals surface area contributed by atoms with Crippen molar-refractivity contribution in [2.75, 3.05) is 7.11 Å². The van der Waals surface area contributed by atoms with Gasteiger partial charge in [0.2, 0.25) is 0 Å². The van der Waals surface area contributed by atoms with Gasteiger partial charge in [-0.3, -0.25) is 0 Å². The van der Waals surface area contributed by atoms with Crippen LogP contribution in [0.25, 0.3) is 10.9 Å². The summed E-state index contributed by atoms with van der Waals surface area (Å²) in [5.41, 5.74) is 0.626. The van der Waals surface area contributed by atoms with E-state index in [0.29, 0.717) is 0 Å². The van der Waals surface area contributed by atoms with Gasteiger partial charge >= 0.3 is 12.1 Å². The van der Waals surface area contributed by atoms with Crippen molar-refractivity contribution in [1.82, 2.24) is 9.88 Å². The van der Waals surface area contributed by atoms with Gasteiger partial charge in [-0.2, -0.15) is 0 Å². The average molecular weight is 384 g/mol. The van der Waals surface area contributed by atoms with E-state index in [1.54, 1.807) is 20.8 Å². The highest BCUT2D eigenvalue weighted by Gasteiger charge is 2.28. The van der Waals surface area contributed by atoms with Crippen molar-refractivity contribution >= 4 is 23.0 Å². The van der Waals surface area contributed by atoms with Crippen molar-refractivity contribution in [3.8, 4) is 12.3 Å². The van der Waals surface area contributed by atoms with E-state index < -0.39 is 29.2 Å². The normalized spacial score (nSPS) is 12.9. The molecule has 0 radical (unpaired) electrons. The molecule has 0 aliphatic heterocycles. The predicted octanol–water partition coefficient (Wildman–Crippen LogP) is 3.62. The first-order valence-electron chi connectivity index (χ1n) is 9.13. The molecule has 2 aromatic rings. The maximum Gasteiger partial charge on any atom is 0.408 e. The summed E-state index contributed by atoms with van der Waals surface area (Å²) in [5, 5.41) is 3.58. The molecule has 28 heavy (non-hydrogen) atoms. The fraction of sp³-hybridized carbons (Fsp3) is 0.455. The molecule has 1 amide bonds. The van der Waals surface area contributed by atoms with Gasteiger partial charge in [0.1, 0.15) is 11.6 Å². The molecule has 0 fully saturated rings. The molecule has 6 heteroatoms. The van der Waals surface area contributed by atoms with Crippen LogP contribution < -0.4 is 5.32 Å². The average Bonchev–Trinajstić information content (AvgIpc) is 2.98. The number of aromatic nitrogens is 1. The Kier molecular flexibility index (Phi) is 6.08. The highest BCUT2D eigenvalue weighted by atomic mass is 16.6. The van der Waals surface area contributed by atoms with Gasteiger partial charge in [0.15, 0.2) is 0 Å². The van der Waals surface area contributed by atoms with Crippen LogP contribution in [0.3, 0.4) is 0 Å². The first-order valence-corrected chi connectivity index (χ1v) is 9.13. The van der Waals surface area contributed by atoms with E-state index in [4.69, 9.17) is 15.9 Å². The van der Waals surface area contributed by atoms with Crippen molar-refractivity contribution in [3.05, 3.63) is 36.0 Å². The smallest absolute Gasteiger partial charge is 0.408 e. The van der Waals surface area contributed by atoms with Gasteiger partial charge < -0.3 is 19.4 Å². The van der Waals surface area contributed by atoms with Gasteiger partial charge in [-0.1, -0.05) is 24.1 Å². The lowest BCUT2D eigenvalue weighted by Gasteiger charge is -2.23. The molecule has 1 heterocycles. The van der Waals surface area contributed by atoms with Crippen molar-refractivity contribution in [3.63, 3.8) is 0 Å². The zero-order valence-electron chi connectivity index (χ0n) is 17.3. The standard InChI is InChI=1S/C22H28N2O4/c1-8-22(5,6)24-14-15(16-11-9-10-12-18(16)24)13-17(19(25)27-7)23-20(26)28-21(2,3)4/h1,9-12,14,17H,13H2,2-7H3,(H,23,26)/t17-/m0/s1. The number of amides is 1. The SMILES string of the molecule is C#CC(C)(C)n1cc(C[C@H](NC(=O)OC(C)(C)C)C(=O)OC)c2ccccc21. The highest BCUT2D eigenvalue weighted by Crippen LogP contribution is 2.28. The Morgan fingerprint density at radius 2 is 1.86 bits per heavy atom. The zero-order chi connectivity index (χ0) is 21.1. The topological polar surface area (TPSA) is 69.6 Å². The lowest BCUT2D eigenvalue weighted by atomic mass is 10.1. The Bertz CT molecular complexity index is 913. The van der Waals surface area contributed by atoms with E-state index in [-0.39, 0.29) is 6.42 Å². The van der Waals surface area contributed by atoms with Crippen LogP contribution in [0.1, 0.15) is 40.2 Å². The van der Waals surface area contributed by atoms with Crippen molar-refractivity contribution < 1.29 is 19.1 Å². The Balaban J connectivity index is 2.40. The number of carbonyl (C=O) groups is 2. The number of rotatable bonds is 5. The van der Waals surface area contributed by atoms with Crippen LogP contribution in [-0.2, 0) is 26.2 Å². The van der Waals surface area contributed by atoms with Gasteiger partial charge in [-0.15, -0.1) is 6.42 Å². The van der Waals surface area contributed by atoms with E-state index in [1.807, 2.05) is 48.9 Å². The Morgan fingerprint density at radius 3 is 2.43 bits per heavy atom. The van der Waals surface area contributed by atoms with Gasteiger partial charge in [0.05, 0.1) is 12.6 Å². The lowest BCUT2D eigenvalue weighted by Crippen LogP contribution is -2.45. The van der Waals surface area contributed by atoms with Gasteiger partial charge in [-0.05, 0) is 46.2 Å². The number of hydrogen-bond acceptors (Lipinski definition) is 4. The van der Waals surface area contributed by atoms with Crippen molar-refractivity contribution in [2.45, 2.75) is 58.2 Å². The Hall–Kier alpha value is -2.94. The number of hydrogen-bond donors (Lipinski definition) is 1. The third kappa shape index (κ3) is 4.86. The third-order valence-electron chi connectivity index (χ3n) is 4.35. The van der Waals surface area contributed by atoms with Crippen LogP contribution in [0.4, 0.5) is 4.79 Å². The molecule has 150 valence electrons. The second-order valence-electron chi connectivity index (χ2n) is 8.17. The number of ether oxygens (including phenoxy) is 2. The van der Waals surface area contributed by atoms with E-state index in [1.165, 1.54) is 7.11 Å². The minimum Gasteiger partial charge on any atom is -0.467 e. The second kappa shape index (κ2) is 7.97. The molecule has 0 unspecified atom stereocenters. The van der Waals surface area contributed by atoms with Crippen LogP contribution in [0, 0.1) is 12.3 Å². The Labute approximate surface area is 166 Å². The van der Waals surface area contributed by atoms with Crippen LogP contribution >= 0.6 is 0 Å². The second-order valence-corrected chi connectivity index (χ2v) is 8.17. The summed E-state index contributed by atoms with van der Waals surface area (Å²) in [7, 11) is 1.29. The first kappa shape index (κ1) is 21.4. The summed E-state index contributed by atoms with van der Waals surface area (Å²) in [4.78, 5) is 24.5. The number of terminal acetylenes is 1. The van der Waals surface area contributed by atoms with Crippen molar-refractivity contribution in [1.29, 1.82) is 0 Å². The summed E-state index contributed by atoms with van der Waals surface area (Å²) >= 11 is 0. The van der Waals surface area contributed by atoms with Gasteiger partial charge in [-0.25, -0.2) is 9.59 Å². The molecule has 1 aromatic carbocycles. The fourth-order valence-electron chi connectivity index (χ4n) is 2.95. The summed E-state index contributed by atoms with van der Waals surface area (Å²) < 4.78 is 12.1. The van der Waals surface area contributed by atoms with Gasteiger partial charge in [0, 0.05) is 23.5 Å². The number of alkyl carbamates (subject to hydrolysis) is 1. The van der Waals surface area contributed by atoms with Gasteiger partial charge in [0.25, 0.3) is 0 Å². The number of para-hydroxylation sites is 1. The molecule has 0 saturated carbocycles. The summed E-state index contributed by atoms with van der Waals surface area (Å²) in [5.74, 6) is 2.25. The first-order chi connectivity index (χ1) is 13.0. The molecular formula is C22H28N2O4. The lowest BCUT2D eigenvalue weighted by molar-refractivity contribution is -0.143. The van der Waals surface area contributed by atoms with Crippen LogP contribution in [0.2, 0.25) is 0 Å². The summed E-state index contributed by atoms with van der Waals surface area (Å²) in [6.07, 6.45) is 7.22. The maximum absolute atomic E-state index is 12.3. The molecule has 0 bridgehead atoms. The number of esters is 1. The molecule has 0 aliphatic rings. The third-order valence-corrected chi connectivity index (χ3v) is 4.35. The molecule has 1 aromatic heterocycles. The molecule has 0 saturated heterocycles. The van der Waals surface area contributed by atoms with E-state index in [0.717, 1.165) is 16.5 Å². The fourth-order valence-corrected chi connectivity index (χ4v) is 2.95. The maximum atomic E-state index is 12.3. The minimum absolute atomic E-state index is 0.250. The van der Waals surface area contributed by atoms with E-state index in [9.17, 15) is 9.59 Å². The van der Waals surface area contributed by atoms with Crippen LogP contribution in [0.5, 0.6) is 0 Å². The number of benzene rings is 1. The molecule has 1 atom stereocenters. The van der Waals surface area contributed by atoms with E-state index in [2.05, 4.69) is 11.2 Å². The summed E-state index contributed by atoms with van der Waals surface area (Å²) in [6, 6.07) is 6.93. The van der Waals surface area contributed by atoms with E-state index >= 15 is 0 Å². The largest absolute Gasteiger partial charge is 0.467 e. The number of nitrogens with one attached hydrogen (secondary N) is 1. The quantitative estimate of drug-likeness (QED) is 0.631. The number of carbonyl (C=O) groups excluding carboxylic acids is 2. The molecule has 2 rings (SSSR count). The summed E-state index contributed by atoms with van der Waals surface area (Å²) in [6.45, 7) is 9.17. The molecule has 6 nitrogen and oxygen atoms in total. The van der Waals surface area contributed by atoms with Crippen LogP contribution in [-0.4, -0.2) is 35.4 Å². The van der Waals surface area contributed by atoms with Crippen molar-refractivity contribution in [2.24, 2.45) is 0 Å².